The number of thioether (sulfide) groups is 1. The number of hydrogen-bond acceptors (Lipinski definition) is 4. The minimum atomic E-state index is -5.48. The van der Waals surface area contributed by atoms with Gasteiger partial charge in [0.15, 0.2) is 0 Å². The Morgan fingerprint density at radius 1 is 1.38 bits per heavy atom. The molecule has 1 amide bonds. The van der Waals surface area contributed by atoms with Gasteiger partial charge in [-0.25, -0.2) is 0 Å². The van der Waals surface area contributed by atoms with E-state index in [0.29, 0.717) is 5.56 Å². The first-order valence-electron chi connectivity index (χ1n) is 7.07. The molecule has 0 saturated carbocycles. The molecule has 1 heterocycles. The number of sulfonamides is 1. The first-order valence-corrected chi connectivity index (χ1v) is 9.71. The summed E-state index contributed by atoms with van der Waals surface area (Å²) in [5.41, 5.74) is -5.05. The molecule has 134 valence electrons. The fraction of sp³-hybridized carbons (Fsp3) is 0.500. The van der Waals surface area contributed by atoms with Gasteiger partial charge in [0.1, 0.15) is 0 Å². The summed E-state index contributed by atoms with van der Waals surface area (Å²) in [7, 11) is -3.79. The Balaban J connectivity index is 2.19. The molecule has 0 spiro atoms. The molecule has 1 fully saturated rings. The minimum absolute atomic E-state index is 0.131. The van der Waals surface area contributed by atoms with E-state index in [2.05, 4.69) is 0 Å². The molecular weight excluding hydrogens is 365 g/mol. The Morgan fingerprint density at radius 3 is 2.54 bits per heavy atom. The summed E-state index contributed by atoms with van der Waals surface area (Å²) in [4.78, 5) is 14.1. The van der Waals surface area contributed by atoms with Crippen molar-refractivity contribution >= 4 is 33.4 Å². The van der Waals surface area contributed by atoms with E-state index in [1.807, 2.05) is 0 Å². The molecule has 24 heavy (non-hydrogen) atoms. The lowest BCUT2D eigenvalue weighted by atomic mass is 10.1. The Morgan fingerprint density at radius 2 is 2.04 bits per heavy atom. The second-order valence-corrected chi connectivity index (χ2v) is 8.34. The Labute approximate surface area is 142 Å². The molecule has 1 saturated heterocycles. The predicted molar refractivity (Wildman–Crippen MR) is 87.6 cm³/mol. The third kappa shape index (κ3) is 3.97. The molecule has 0 aliphatic carbocycles. The van der Waals surface area contributed by atoms with Crippen molar-refractivity contribution in [3.05, 3.63) is 29.3 Å². The average molecular weight is 382 g/mol. The molecule has 10 heteroatoms. The molecule has 0 radical (unpaired) electrons. The Bertz CT molecular complexity index is 729. The Hall–Kier alpha value is -1.42. The summed E-state index contributed by atoms with van der Waals surface area (Å²) in [5, 5.41) is 0. The standard InChI is InChI=1S/C14H17F3N2O3S2/c1-9-7-10(13(20)19(2)11-5-6-23-8-11)3-4-12(9)18-24(21,22)14(15,16)17/h3-4,7,11,18H,5-6,8H2,1-2H3. The molecule has 1 N–H and O–H groups in total. The van der Waals surface area contributed by atoms with E-state index in [1.54, 1.807) is 23.7 Å². The van der Waals surface area contributed by atoms with Gasteiger partial charge >= 0.3 is 15.5 Å². The molecule has 1 atom stereocenters. The fourth-order valence-corrected chi connectivity index (χ4v) is 4.21. The van der Waals surface area contributed by atoms with Gasteiger partial charge in [0.25, 0.3) is 5.91 Å². The van der Waals surface area contributed by atoms with E-state index in [9.17, 15) is 26.4 Å². The maximum absolute atomic E-state index is 12.4. The number of halogens is 3. The van der Waals surface area contributed by atoms with E-state index < -0.39 is 15.5 Å². The zero-order chi connectivity index (χ0) is 18.1. The number of nitrogens with zero attached hydrogens (tertiary/aromatic N) is 1. The van der Waals surface area contributed by atoms with E-state index in [1.165, 1.54) is 29.8 Å². The zero-order valence-corrected chi connectivity index (χ0v) is 14.7. The van der Waals surface area contributed by atoms with Gasteiger partial charge in [0.05, 0.1) is 5.69 Å². The largest absolute Gasteiger partial charge is 0.516 e. The number of anilines is 1. The second-order valence-electron chi connectivity index (χ2n) is 5.51. The summed E-state index contributed by atoms with van der Waals surface area (Å²) in [5.74, 6) is 1.60. The molecule has 1 aliphatic heterocycles. The number of benzene rings is 1. The molecular formula is C14H17F3N2O3S2. The van der Waals surface area contributed by atoms with Gasteiger partial charge in [-0.3, -0.25) is 9.52 Å². The number of carbonyl (C=O) groups is 1. The highest BCUT2D eigenvalue weighted by atomic mass is 32.2. The summed E-state index contributed by atoms with van der Waals surface area (Å²) < 4.78 is 61.1. The van der Waals surface area contributed by atoms with E-state index in [0.717, 1.165) is 17.9 Å². The van der Waals surface area contributed by atoms with Gasteiger partial charge in [-0.2, -0.15) is 33.4 Å². The SMILES string of the molecule is Cc1cc(C(=O)N(C)C2CCSC2)ccc1NS(=O)(=O)C(F)(F)F. The lowest BCUT2D eigenvalue weighted by Crippen LogP contribution is -2.37. The van der Waals surface area contributed by atoms with Crippen LogP contribution in [0.2, 0.25) is 0 Å². The van der Waals surface area contributed by atoms with Crippen molar-refractivity contribution in [3.8, 4) is 0 Å². The highest BCUT2D eigenvalue weighted by Crippen LogP contribution is 2.28. The van der Waals surface area contributed by atoms with Crippen molar-refractivity contribution in [2.75, 3.05) is 23.3 Å². The topological polar surface area (TPSA) is 66.5 Å². The monoisotopic (exact) mass is 382 g/mol. The molecule has 1 aromatic carbocycles. The summed E-state index contributed by atoms with van der Waals surface area (Å²) in [6.07, 6.45) is 0.898. The molecule has 5 nitrogen and oxygen atoms in total. The average Bonchev–Trinajstić information content (AvgIpc) is 3.00. The van der Waals surface area contributed by atoms with Crippen LogP contribution in [0.25, 0.3) is 0 Å². The molecule has 0 bridgehead atoms. The Kier molecular flexibility index (Phi) is 5.38. The highest BCUT2D eigenvalue weighted by molar-refractivity contribution is 7.99. The number of hydrogen-bond donors (Lipinski definition) is 1. The third-order valence-corrected chi connectivity index (χ3v) is 6.04. The number of amides is 1. The van der Waals surface area contributed by atoms with Gasteiger partial charge in [0.2, 0.25) is 0 Å². The number of rotatable bonds is 4. The van der Waals surface area contributed by atoms with Gasteiger partial charge in [0, 0.05) is 24.4 Å². The van der Waals surface area contributed by atoms with Gasteiger partial charge in [-0.15, -0.1) is 0 Å². The van der Waals surface area contributed by atoms with Crippen LogP contribution in [0.5, 0.6) is 0 Å². The molecule has 1 aliphatic rings. The molecule has 0 aromatic heterocycles. The van der Waals surface area contributed by atoms with Crippen LogP contribution in [0.1, 0.15) is 22.3 Å². The first kappa shape index (κ1) is 18.9. The van der Waals surface area contributed by atoms with Crippen LogP contribution in [-0.2, 0) is 10.0 Å². The van der Waals surface area contributed by atoms with Crippen molar-refractivity contribution in [1.82, 2.24) is 4.90 Å². The van der Waals surface area contributed by atoms with Gasteiger partial charge in [-0.05, 0) is 42.9 Å². The van der Waals surface area contributed by atoms with Crippen LogP contribution < -0.4 is 4.72 Å². The first-order chi connectivity index (χ1) is 11.0. The predicted octanol–water partition coefficient (Wildman–Crippen LogP) is 2.83. The van der Waals surface area contributed by atoms with Crippen LogP contribution in [0.4, 0.5) is 18.9 Å². The lowest BCUT2D eigenvalue weighted by Gasteiger charge is -2.24. The van der Waals surface area contributed by atoms with Crippen LogP contribution >= 0.6 is 11.8 Å². The highest BCUT2D eigenvalue weighted by Gasteiger charge is 2.46. The van der Waals surface area contributed by atoms with Crippen molar-refractivity contribution in [3.63, 3.8) is 0 Å². The quantitative estimate of drug-likeness (QED) is 0.870. The summed E-state index contributed by atoms with van der Waals surface area (Å²) >= 11 is 1.76. The van der Waals surface area contributed by atoms with Crippen LogP contribution in [0, 0.1) is 6.92 Å². The molecule has 1 aromatic rings. The van der Waals surface area contributed by atoms with E-state index >= 15 is 0 Å². The van der Waals surface area contributed by atoms with Crippen LogP contribution in [-0.4, -0.2) is 49.3 Å². The minimum Gasteiger partial charge on any atom is -0.338 e. The van der Waals surface area contributed by atoms with E-state index in [4.69, 9.17) is 0 Å². The maximum Gasteiger partial charge on any atom is 0.516 e. The number of alkyl halides is 3. The number of carbonyl (C=O) groups excluding carboxylic acids is 1. The van der Waals surface area contributed by atoms with Crippen LogP contribution in [0.3, 0.4) is 0 Å². The smallest absolute Gasteiger partial charge is 0.338 e. The third-order valence-electron chi connectivity index (χ3n) is 3.80. The van der Waals surface area contributed by atoms with Crippen LogP contribution in [0.15, 0.2) is 18.2 Å². The summed E-state index contributed by atoms with van der Waals surface area (Å²) in [6, 6.07) is 4.01. The van der Waals surface area contributed by atoms with Crippen molar-refractivity contribution in [2.45, 2.75) is 24.9 Å². The van der Waals surface area contributed by atoms with E-state index in [-0.39, 0.29) is 23.2 Å². The van der Waals surface area contributed by atoms with Crippen molar-refractivity contribution in [2.24, 2.45) is 0 Å². The fourth-order valence-electron chi connectivity index (χ4n) is 2.31. The molecule has 1 unspecified atom stereocenters. The zero-order valence-electron chi connectivity index (χ0n) is 13.1. The number of aryl methyl sites for hydroxylation is 1. The van der Waals surface area contributed by atoms with Crippen molar-refractivity contribution < 1.29 is 26.4 Å². The van der Waals surface area contributed by atoms with Gasteiger partial charge in [-0.1, -0.05) is 0 Å². The lowest BCUT2D eigenvalue weighted by molar-refractivity contribution is -0.0429. The maximum atomic E-state index is 12.4. The second kappa shape index (κ2) is 6.83. The van der Waals surface area contributed by atoms with Crippen molar-refractivity contribution in [1.29, 1.82) is 0 Å². The van der Waals surface area contributed by atoms with Gasteiger partial charge < -0.3 is 4.90 Å². The summed E-state index contributed by atoms with van der Waals surface area (Å²) in [6.45, 7) is 1.44. The normalized spacial score (nSPS) is 18.5. The molecule has 2 rings (SSSR count). The number of nitrogens with one attached hydrogen (secondary N) is 1.